The minimum absolute atomic E-state index is 0.207. The molecule has 1 atom stereocenters. The van der Waals surface area contributed by atoms with E-state index in [0.29, 0.717) is 36.1 Å². The molecule has 0 aromatic rings. The molecule has 0 aliphatic rings. The molecular weight excluding hydrogens is 320 g/mol. The fourth-order valence-corrected chi connectivity index (χ4v) is 9.01. The van der Waals surface area contributed by atoms with Gasteiger partial charge in [0.05, 0.1) is 12.0 Å². The highest BCUT2D eigenvalue weighted by Gasteiger charge is 2.46. The Balaban J connectivity index is 4.74. The van der Waals surface area contributed by atoms with Gasteiger partial charge < -0.3 is 14.0 Å². The van der Waals surface area contributed by atoms with Gasteiger partial charge in [-0.25, -0.2) is 0 Å². The number of esters is 1. The summed E-state index contributed by atoms with van der Waals surface area (Å²) in [5, 5.41) is 0. The predicted molar refractivity (Wildman–Crippen MR) is 102 cm³/mol. The van der Waals surface area contributed by atoms with E-state index in [1.54, 1.807) is 0 Å². The number of ether oxygens (including phenoxy) is 1. The molecule has 0 heterocycles. The number of rotatable bonds is 10. The summed E-state index contributed by atoms with van der Waals surface area (Å²) in [5.74, 6) is -0.207. The minimum Gasteiger partial charge on any atom is -0.465 e. The Hall–Kier alpha value is -0.683. The second-order valence-corrected chi connectivity index (χ2v) is 14.0. The van der Waals surface area contributed by atoms with Crippen molar-refractivity contribution in [3.8, 4) is 0 Å². The number of carbonyl (C=O) groups is 2. The summed E-state index contributed by atoms with van der Waals surface area (Å²) in [6.45, 7) is 19.1. The Morgan fingerprint density at radius 1 is 1.00 bits per heavy atom. The lowest BCUT2D eigenvalue weighted by Gasteiger charge is -2.43. The average molecular weight is 359 g/mol. The fraction of sp³-hybridized carbons (Fsp3) is 0.895. The summed E-state index contributed by atoms with van der Waals surface area (Å²) >= 11 is 0. The lowest BCUT2D eigenvalue weighted by atomic mass is 9.97. The molecule has 0 aromatic heterocycles. The largest absolute Gasteiger partial charge is 0.465 e. The summed E-state index contributed by atoms with van der Waals surface area (Å²) in [6, 6.07) is 0. The molecule has 5 heteroatoms. The van der Waals surface area contributed by atoms with Crippen LogP contribution < -0.4 is 0 Å². The number of aldehydes is 1. The Bertz CT molecular complexity index is 375. The van der Waals surface area contributed by atoms with Crippen LogP contribution in [0.25, 0.3) is 0 Å². The van der Waals surface area contributed by atoms with Crippen molar-refractivity contribution in [2.24, 2.45) is 5.41 Å². The van der Waals surface area contributed by atoms with Gasteiger partial charge in [0.2, 0.25) is 8.32 Å². The van der Waals surface area contributed by atoms with Crippen molar-refractivity contribution in [1.82, 2.24) is 0 Å². The summed E-state index contributed by atoms with van der Waals surface area (Å²) < 4.78 is 11.8. The molecule has 0 amide bonds. The van der Waals surface area contributed by atoms with Crippen molar-refractivity contribution < 1.29 is 18.8 Å². The van der Waals surface area contributed by atoms with Gasteiger partial charge >= 0.3 is 5.97 Å². The highest BCUT2D eigenvalue weighted by Crippen LogP contribution is 2.43. The Morgan fingerprint density at radius 2 is 1.46 bits per heavy atom. The summed E-state index contributed by atoms with van der Waals surface area (Å²) in [6.07, 6.45) is 1.75. The van der Waals surface area contributed by atoms with Crippen LogP contribution in [0.15, 0.2) is 0 Å². The van der Waals surface area contributed by atoms with E-state index >= 15 is 0 Å². The van der Waals surface area contributed by atoms with Gasteiger partial charge in [-0.15, -0.1) is 0 Å². The molecule has 0 aliphatic heterocycles. The molecule has 0 N–H and O–H groups in total. The van der Waals surface area contributed by atoms with E-state index in [0.717, 1.165) is 6.29 Å². The van der Waals surface area contributed by atoms with Gasteiger partial charge in [-0.2, -0.15) is 0 Å². The van der Waals surface area contributed by atoms with Crippen LogP contribution in [0, 0.1) is 5.41 Å². The first-order chi connectivity index (χ1) is 10.9. The van der Waals surface area contributed by atoms with Crippen molar-refractivity contribution in [2.45, 2.75) is 97.9 Å². The highest BCUT2D eigenvalue weighted by molar-refractivity contribution is 6.77. The van der Waals surface area contributed by atoms with E-state index in [-0.39, 0.29) is 5.97 Å². The van der Waals surface area contributed by atoms with Crippen molar-refractivity contribution in [3.05, 3.63) is 0 Å². The van der Waals surface area contributed by atoms with Crippen molar-refractivity contribution >= 4 is 20.6 Å². The molecule has 142 valence electrons. The Labute approximate surface area is 149 Å². The van der Waals surface area contributed by atoms with Crippen LogP contribution >= 0.6 is 0 Å². The van der Waals surface area contributed by atoms with Crippen LogP contribution in [0.2, 0.25) is 16.6 Å². The maximum absolute atomic E-state index is 11.8. The van der Waals surface area contributed by atoms with E-state index in [1.165, 1.54) is 0 Å². The van der Waals surface area contributed by atoms with Gasteiger partial charge in [-0.1, -0.05) is 41.5 Å². The van der Waals surface area contributed by atoms with Gasteiger partial charge in [-0.3, -0.25) is 4.79 Å². The molecule has 0 aromatic carbocycles. The van der Waals surface area contributed by atoms with Crippen LogP contribution in [0.3, 0.4) is 0 Å². The van der Waals surface area contributed by atoms with Crippen LogP contribution in [-0.2, 0) is 18.8 Å². The quantitative estimate of drug-likeness (QED) is 0.235. The maximum Gasteiger partial charge on any atom is 0.311 e. The van der Waals surface area contributed by atoms with Gasteiger partial charge in [0, 0.05) is 0 Å². The van der Waals surface area contributed by atoms with Crippen LogP contribution in [0.5, 0.6) is 0 Å². The lowest BCUT2D eigenvalue weighted by molar-refractivity contribution is -0.153. The molecule has 24 heavy (non-hydrogen) atoms. The molecule has 0 saturated carbocycles. The normalized spacial score (nSPS) is 14.3. The molecular formula is C19H38O4Si. The van der Waals surface area contributed by atoms with Gasteiger partial charge in [-0.05, 0) is 50.2 Å². The van der Waals surface area contributed by atoms with Crippen molar-refractivity contribution in [2.75, 3.05) is 6.61 Å². The lowest BCUT2D eigenvalue weighted by Crippen LogP contribution is -2.50. The summed E-state index contributed by atoms with van der Waals surface area (Å²) in [4.78, 5) is 23.3. The van der Waals surface area contributed by atoms with Crippen LogP contribution in [-0.4, -0.2) is 33.3 Å². The molecule has 0 spiro atoms. The first kappa shape index (κ1) is 23.3. The third-order valence-electron chi connectivity index (χ3n) is 4.69. The standard InChI is InChI=1S/C19H38O4Si/c1-14(2)24(15(3)4,16(5)6)23-17(13-20)11-10-12-22-18(21)19(7,8)9/h13-17H,10-12H2,1-9H3/t17-/m0/s1. The molecule has 0 saturated heterocycles. The second kappa shape index (κ2) is 9.71. The van der Waals surface area contributed by atoms with E-state index < -0.39 is 19.8 Å². The molecule has 0 rings (SSSR count). The van der Waals surface area contributed by atoms with E-state index in [4.69, 9.17) is 9.16 Å². The SMILES string of the molecule is CC(C)[Si](O[C@H](C=O)CCCOC(=O)C(C)(C)C)(C(C)C)C(C)C. The summed E-state index contributed by atoms with van der Waals surface area (Å²) in [5.41, 5.74) is 0.839. The van der Waals surface area contributed by atoms with Crippen LogP contribution in [0.1, 0.15) is 75.2 Å². The topological polar surface area (TPSA) is 52.6 Å². The number of carbonyl (C=O) groups excluding carboxylic acids is 2. The zero-order valence-electron chi connectivity index (χ0n) is 17.1. The monoisotopic (exact) mass is 358 g/mol. The molecule has 0 radical (unpaired) electrons. The Kier molecular flexibility index (Phi) is 9.43. The van der Waals surface area contributed by atoms with E-state index in [2.05, 4.69) is 41.5 Å². The van der Waals surface area contributed by atoms with Crippen LogP contribution in [0.4, 0.5) is 0 Å². The smallest absolute Gasteiger partial charge is 0.311 e. The number of hydrogen-bond donors (Lipinski definition) is 0. The first-order valence-corrected chi connectivity index (χ1v) is 11.3. The van der Waals surface area contributed by atoms with Gasteiger partial charge in [0.1, 0.15) is 12.4 Å². The zero-order chi connectivity index (χ0) is 19.1. The zero-order valence-corrected chi connectivity index (χ0v) is 18.1. The van der Waals surface area contributed by atoms with Crippen molar-refractivity contribution in [1.29, 1.82) is 0 Å². The highest BCUT2D eigenvalue weighted by atomic mass is 28.4. The first-order valence-electron chi connectivity index (χ1n) is 9.19. The predicted octanol–water partition coefficient (Wildman–Crippen LogP) is 5.12. The molecule has 0 fully saturated rings. The third-order valence-corrected chi connectivity index (χ3v) is 10.8. The molecule has 0 aliphatic carbocycles. The van der Waals surface area contributed by atoms with Crippen molar-refractivity contribution in [3.63, 3.8) is 0 Å². The van der Waals surface area contributed by atoms with E-state index in [1.807, 2.05) is 20.8 Å². The minimum atomic E-state index is -2.06. The maximum atomic E-state index is 11.8. The third kappa shape index (κ3) is 6.32. The number of hydrogen-bond acceptors (Lipinski definition) is 4. The average Bonchev–Trinajstić information content (AvgIpc) is 2.44. The summed E-state index contributed by atoms with van der Waals surface area (Å²) in [7, 11) is -2.06. The molecule has 4 nitrogen and oxygen atoms in total. The van der Waals surface area contributed by atoms with E-state index in [9.17, 15) is 9.59 Å². The van der Waals surface area contributed by atoms with Gasteiger partial charge in [0.25, 0.3) is 0 Å². The molecule has 0 unspecified atom stereocenters. The van der Waals surface area contributed by atoms with Gasteiger partial charge in [0.15, 0.2) is 0 Å². The fourth-order valence-electron chi connectivity index (χ4n) is 3.49. The molecule has 0 bridgehead atoms. The second-order valence-electron chi connectivity index (χ2n) is 8.64. The Morgan fingerprint density at radius 3 is 1.79 bits per heavy atom.